The Hall–Kier alpha value is -1.65. The van der Waals surface area contributed by atoms with Gasteiger partial charge in [-0.15, -0.1) is 0 Å². The fraction of sp³-hybridized carbons (Fsp3) is 0.357. The number of carbonyl (C=O) groups excluding carboxylic acids is 1. The summed E-state index contributed by atoms with van der Waals surface area (Å²) in [7, 11) is 0. The molecule has 0 spiro atoms. The lowest BCUT2D eigenvalue weighted by Gasteiger charge is -1.98. The van der Waals surface area contributed by atoms with Crippen LogP contribution in [0.1, 0.15) is 5.56 Å². The lowest BCUT2D eigenvalue weighted by Crippen LogP contribution is -2.22. The van der Waals surface area contributed by atoms with Gasteiger partial charge in [-0.3, -0.25) is 4.79 Å². The van der Waals surface area contributed by atoms with Crippen LogP contribution in [-0.4, -0.2) is 32.1 Å². The van der Waals surface area contributed by atoms with Crippen molar-refractivity contribution in [3.8, 4) is 0 Å². The number of benzene rings is 1. The summed E-state index contributed by atoms with van der Waals surface area (Å²) in [6.45, 7) is 6.28. The minimum absolute atomic E-state index is 0.141. The molecule has 2 rings (SSSR count). The summed E-state index contributed by atoms with van der Waals surface area (Å²) in [4.78, 5) is 10.5. The number of hydrogen-bond donors (Lipinski definition) is 1. The van der Waals surface area contributed by atoms with Gasteiger partial charge in [-0.05, 0) is 5.56 Å². The van der Waals surface area contributed by atoms with Crippen LogP contribution >= 0.6 is 0 Å². The number of nitrogens with one attached hydrogen (secondary N) is 1. The van der Waals surface area contributed by atoms with Gasteiger partial charge in [0, 0.05) is 6.54 Å². The van der Waals surface area contributed by atoms with E-state index in [0.717, 1.165) is 6.54 Å². The highest BCUT2D eigenvalue weighted by Crippen LogP contribution is 1.99. The SMILES string of the molecule is C=COCc1ccccc1.O=C1CNCCOC1. The Kier molecular flexibility index (Phi) is 7.52. The third-order valence-electron chi connectivity index (χ3n) is 2.22. The monoisotopic (exact) mass is 249 g/mol. The van der Waals surface area contributed by atoms with E-state index >= 15 is 0 Å². The van der Waals surface area contributed by atoms with Crippen LogP contribution in [0.4, 0.5) is 0 Å². The van der Waals surface area contributed by atoms with Crippen molar-refractivity contribution in [3.63, 3.8) is 0 Å². The van der Waals surface area contributed by atoms with Gasteiger partial charge in [-0.25, -0.2) is 0 Å². The van der Waals surface area contributed by atoms with Gasteiger partial charge in [0.25, 0.3) is 0 Å². The largest absolute Gasteiger partial charge is 0.497 e. The third kappa shape index (κ3) is 6.83. The van der Waals surface area contributed by atoms with Crippen LogP contribution in [0.5, 0.6) is 0 Å². The first-order valence-corrected chi connectivity index (χ1v) is 5.89. The second-order valence-electron chi connectivity index (χ2n) is 3.73. The Morgan fingerprint density at radius 3 is 2.89 bits per heavy atom. The summed E-state index contributed by atoms with van der Waals surface area (Å²) in [5.41, 5.74) is 1.17. The number of ketones is 1. The number of rotatable bonds is 3. The molecule has 0 saturated carbocycles. The topological polar surface area (TPSA) is 47.6 Å². The molecule has 0 bridgehead atoms. The summed E-state index contributed by atoms with van der Waals surface area (Å²) in [5.74, 6) is 0.141. The Bertz CT molecular complexity index is 341. The van der Waals surface area contributed by atoms with E-state index in [4.69, 9.17) is 9.47 Å². The maximum atomic E-state index is 10.5. The molecule has 4 nitrogen and oxygen atoms in total. The van der Waals surface area contributed by atoms with Crippen molar-refractivity contribution in [3.05, 3.63) is 48.7 Å². The Morgan fingerprint density at radius 1 is 1.39 bits per heavy atom. The van der Waals surface area contributed by atoms with E-state index in [-0.39, 0.29) is 12.4 Å². The first kappa shape index (κ1) is 14.4. The summed E-state index contributed by atoms with van der Waals surface area (Å²) >= 11 is 0. The van der Waals surface area contributed by atoms with E-state index in [1.807, 2.05) is 30.3 Å². The van der Waals surface area contributed by atoms with Crippen molar-refractivity contribution < 1.29 is 14.3 Å². The number of carbonyl (C=O) groups is 1. The second kappa shape index (κ2) is 9.39. The zero-order valence-electron chi connectivity index (χ0n) is 10.4. The highest BCUT2D eigenvalue weighted by atomic mass is 16.5. The van der Waals surface area contributed by atoms with Gasteiger partial charge in [0.15, 0.2) is 5.78 Å². The molecular formula is C14H19NO3. The average Bonchev–Trinajstić information content (AvgIpc) is 2.66. The molecule has 1 aliphatic heterocycles. The highest BCUT2D eigenvalue weighted by molar-refractivity contribution is 5.81. The highest BCUT2D eigenvalue weighted by Gasteiger charge is 2.04. The van der Waals surface area contributed by atoms with E-state index in [1.54, 1.807) is 0 Å². The lowest BCUT2D eigenvalue weighted by molar-refractivity contribution is -0.121. The molecule has 98 valence electrons. The van der Waals surface area contributed by atoms with Crippen LogP contribution in [0.2, 0.25) is 0 Å². The predicted molar refractivity (Wildman–Crippen MR) is 70.1 cm³/mol. The van der Waals surface area contributed by atoms with Crippen molar-refractivity contribution in [2.75, 3.05) is 26.3 Å². The minimum Gasteiger partial charge on any atom is -0.497 e. The molecule has 0 atom stereocenters. The molecule has 0 amide bonds. The molecule has 1 N–H and O–H groups in total. The van der Waals surface area contributed by atoms with Crippen LogP contribution in [0.15, 0.2) is 43.2 Å². The first-order valence-electron chi connectivity index (χ1n) is 5.89. The maximum absolute atomic E-state index is 10.5. The van der Waals surface area contributed by atoms with Crippen LogP contribution in [0.25, 0.3) is 0 Å². The van der Waals surface area contributed by atoms with Crippen molar-refractivity contribution in [1.29, 1.82) is 0 Å². The Morgan fingerprint density at radius 2 is 2.17 bits per heavy atom. The van der Waals surface area contributed by atoms with E-state index in [9.17, 15) is 4.79 Å². The van der Waals surface area contributed by atoms with E-state index in [1.165, 1.54) is 11.8 Å². The van der Waals surface area contributed by atoms with Crippen LogP contribution in [-0.2, 0) is 20.9 Å². The number of hydrogen-bond acceptors (Lipinski definition) is 4. The van der Waals surface area contributed by atoms with Gasteiger partial charge in [-0.2, -0.15) is 0 Å². The average molecular weight is 249 g/mol. The van der Waals surface area contributed by atoms with Crippen LogP contribution < -0.4 is 5.32 Å². The third-order valence-corrected chi connectivity index (χ3v) is 2.22. The molecule has 0 aromatic heterocycles. The molecular weight excluding hydrogens is 230 g/mol. The zero-order chi connectivity index (χ0) is 13.1. The van der Waals surface area contributed by atoms with Gasteiger partial charge < -0.3 is 14.8 Å². The lowest BCUT2D eigenvalue weighted by atomic mass is 10.2. The predicted octanol–water partition coefficient (Wildman–Crippen LogP) is 1.52. The fourth-order valence-corrected chi connectivity index (χ4v) is 1.34. The van der Waals surface area contributed by atoms with Crippen molar-refractivity contribution in [2.45, 2.75) is 6.61 Å². The normalized spacial score (nSPS) is 15.0. The Balaban J connectivity index is 0.000000184. The summed E-state index contributed by atoms with van der Waals surface area (Å²) in [5, 5.41) is 2.92. The zero-order valence-corrected chi connectivity index (χ0v) is 10.4. The van der Waals surface area contributed by atoms with Gasteiger partial charge >= 0.3 is 0 Å². The summed E-state index contributed by atoms with van der Waals surface area (Å²) in [6, 6.07) is 9.99. The van der Waals surface area contributed by atoms with Crippen molar-refractivity contribution >= 4 is 5.78 Å². The van der Waals surface area contributed by atoms with Crippen molar-refractivity contribution in [1.82, 2.24) is 5.32 Å². The molecule has 0 unspecified atom stereocenters. The van der Waals surface area contributed by atoms with E-state index in [2.05, 4.69) is 11.9 Å². The molecule has 1 aromatic rings. The van der Waals surface area contributed by atoms with Crippen molar-refractivity contribution in [2.24, 2.45) is 0 Å². The standard InChI is InChI=1S/C9H10O.C5H9NO2/c1-2-10-8-9-6-4-3-5-7-9;7-5-3-6-1-2-8-4-5/h2-7H,1,8H2;6H,1-4H2. The first-order chi connectivity index (χ1) is 8.83. The van der Waals surface area contributed by atoms with Crippen LogP contribution in [0, 0.1) is 0 Å². The van der Waals surface area contributed by atoms with Gasteiger partial charge in [0.2, 0.25) is 0 Å². The molecule has 0 radical (unpaired) electrons. The van der Waals surface area contributed by atoms with Gasteiger partial charge in [0.1, 0.15) is 13.2 Å². The molecule has 1 aromatic carbocycles. The number of Topliss-reactive ketones (excluding diaryl/α,β-unsaturated/α-hetero) is 1. The van der Waals surface area contributed by atoms with Gasteiger partial charge in [-0.1, -0.05) is 36.9 Å². The second-order valence-corrected chi connectivity index (χ2v) is 3.73. The number of ether oxygens (including phenoxy) is 2. The molecule has 1 aliphatic rings. The molecule has 1 heterocycles. The molecule has 0 aliphatic carbocycles. The maximum Gasteiger partial charge on any atom is 0.172 e. The molecule has 1 fully saturated rings. The molecule has 1 saturated heterocycles. The Labute approximate surface area is 108 Å². The molecule has 18 heavy (non-hydrogen) atoms. The summed E-state index contributed by atoms with van der Waals surface area (Å²) in [6.07, 6.45) is 1.45. The van der Waals surface area contributed by atoms with E-state index < -0.39 is 0 Å². The quantitative estimate of drug-likeness (QED) is 0.825. The smallest absolute Gasteiger partial charge is 0.172 e. The van der Waals surface area contributed by atoms with E-state index in [0.29, 0.717) is 19.8 Å². The fourth-order valence-electron chi connectivity index (χ4n) is 1.34. The summed E-state index contributed by atoms with van der Waals surface area (Å²) < 4.78 is 9.88. The van der Waals surface area contributed by atoms with Gasteiger partial charge in [0.05, 0.1) is 19.4 Å². The molecule has 4 heteroatoms. The minimum atomic E-state index is 0.141. The van der Waals surface area contributed by atoms with Crippen LogP contribution in [0.3, 0.4) is 0 Å².